The van der Waals surface area contributed by atoms with Crippen molar-refractivity contribution in [3.63, 3.8) is 0 Å². The van der Waals surface area contributed by atoms with Crippen molar-refractivity contribution in [1.29, 1.82) is 0 Å². The van der Waals surface area contributed by atoms with Crippen LogP contribution in [-0.2, 0) is 0 Å². The zero-order valence-electron chi connectivity index (χ0n) is 10.3. The fraction of sp³-hybridized carbons (Fsp3) is 0.133. The maximum absolute atomic E-state index is 12.4. The average molecular weight is 239 g/mol. The van der Waals surface area contributed by atoms with Gasteiger partial charge in [-0.2, -0.15) is 0 Å². The van der Waals surface area contributed by atoms with Crippen molar-refractivity contribution in [2.24, 2.45) is 0 Å². The Labute approximate surface area is 104 Å². The molecular weight excluding hydrogens is 226 g/mol. The van der Waals surface area contributed by atoms with Crippen LogP contribution >= 0.6 is 0 Å². The van der Waals surface area contributed by atoms with Gasteiger partial charge in [-0.3, -0.25) is 4.79 Å². The van der Waals surface area contributed by atoms with E-state index in [1.807, 2.05) is 43.3 Å². The summed E-state index contributed by atoms with van der Waals surface area (Å²) >= 11 is 0. The van der Waals surface area contributed by atoms with E-state index in [-0.39, 0.29) is 5.43 Å². The van der Waals surface area contributed by atoms with E-state index < -0.39 is 0 Å². The van der Waals surface area contributed by atoms with Crippen LogP contribution in [-0.4, -0.2) is 12.1 Å². The number of aryl methyl sites for hydroxylation is 1. The van der Waals surface area contributed by atoms with Crippen molar-refractivity contribution < 1.29 is 4.74 Å². The molecule has 18 heavy (non-hydrogen) atoms. The van der Waals surface area contributed by atoms with E-state index in [0.29, 0.717) is 5.39 Å². The maximum atomic E-state index is 12.4. The van der Waals surface area contributed by atoms with Crippen molar-refractivity contribution >= 4 is 21.8 Å². The Hall–Kier alpha value is -2.29. The highest BCUT2D eigenvalue weighted by Crippen LogP contribution is 2.25. The number of aromatic nitrogens is 1. The fourth-order valence-corrected chi connectivity index (χ4v) is 2.33. The molecule has 3 nitrogen and oxygen atoms in total. The number of hydrogen-bond acceptors (Lipinski definition) is 2. The molecule has 0 aliphatic rings. The molecule has 0 fully saturated rings. The normalized spacial score (nSPS) is 11.0. The lowest BCUT2D eigenvalue weighted by molar-refractivity contribution is 0.412. The summed E-state index contributed by atoms with van der Waals surface area (Å²) in [6.07, 6.45) is 0. The van der Waals surface area contributed by atoms with Gasteiger partial charge in [0.15, 0.2) is 5.43 Å². The Bertz CT molecular complexity index is 803. The van der Waals surface area contributed by atoms with Crippen molar-refractivity contribution in [3.8, 4) is 5.75 Å². The van der Waals surface area contributed by atoms with Gasteiger partial charge in [-0.15, -0.1) is 0 Å². The zero-order valence-corrected chi connectivity index (χ0v) is 10.3. The topological polar surface area (TPSA) is 42.1 Å². The maximum Gasteiger partial charge on any atom is 0.197 e. The minimum absolute atomic E-state index is 0.0603. The third-order valence-corrected chi connectivity index (χ3v) is 3.31. The van der Waals surface area contributed by atoms with Crippen LogP contribution in [0.15, 0.2) is 41.2 Å². The molecule has 0 unspecified atom stereocenters. The number of nitrogens with one attached hydrogen (secondary N) is 1. The lowest BCUT2D eigenvalue weighted by Crippen LogP contribution is -2.05. The average Bonchev–Trinajstić information content (AvgIpc) is 2.40. The van der Waals surface area contributed by atoms with Crippen LogP contribution in [0.5, 0.6) is 5.75 Å². The van der Waals surface area contributed by atoms with E-state index in [2.05, 4.69) is 4.98 Å². The summed E-state index contributed by atoms with van der Waals surface area (Å²) in [5.74, 6) is 0.786. The number of ether oxygens (including phenoxy) is 1. The molecule has 3 rings (SSSR count). The minimum Gasteiger partial charge on any atom is -0.496 e. The largest absolute Gasteiger partial charge is 0.496 e. The molecule has 3 heteroatoms. The van der Waals surface area contributed by atoms with Gasteiger partial charge in [0.1, 0.15) is 5.75 Å². The molecule has 0 spiro atoms. The predicted molar refractivity (Wildman–Crippen MR) is 73.4 cm³/mol. The van der Waals surface area contributed by atoms with Crippen LogP contribution in [0.25, 0.3) is 21.8 Å². The number of H-pyrrole nitrogens is 1. The van der Waals surface area contributed by atoms with Crippen molar-refractivity contribution in [2.75, 3.05) is 7.11 Å². The third kappa shape index (κ3) is 1.40. The van der Waals surface area contributed by atoms with Gasteiger partial charge in [0.25, 0.3) is 0 Å². The van der Waals surface area contributed by atoms with Gasteiger partial charge in [0.2, 0.25) is 0 Å². The summed E-state index contributed by atoms with van der Waals surface area (Å²) < 4.78 is 5.28. The number of para-hydroxylation sites is 1. The summed E-state index contributed by atoms with van der Waals surface area (Å²) in [6.45, 7) is 1.95. The third-order valence-electron chi connectivity index (χ3n) is 3.31. The first kappa shape index (κ1) is 10.8. The number of benzene rings is 2. The predicted octanol–water partition coefficient (Wildman–Crippen LogP) is 3.00. The highest BCUT2D eigenvalue weighted by molar-refractivity contribution is 5.94. The summed E-state index contributed by atoms with van der Waals surface area (Å²) in [5.41, 5.74) is 2.72. The van der Waals surface area contributed by atoms with Crippen LogP contribution in [0.2, 0.25) is 0 Å². The molecule has 2 aromatic carbocycles. The second-order valence-corrected chi connectivity index (χ2v) is 4.32. The number of aromatic amines is 1. The molecular formula is C15H13NO2. The van der Waals surface area contributed by atoms with Gasteiger partial charge in [-0.1, -0.05) is 12.1 Å². The number of hydrogen-bond donors (Lipinski definition) is 1. The molecule has 1 heterocycles. The van der Waals surface area contributed by atoms with E-state index in [0.717, 1.165) is 27.7 Å². The second-order valence-electron chi connectivity index (χ2n) is 4.32. The van der Waals surface area contributed by atoms with Crippen molar-refractivity contribution in [3.05, 3.63) is 52.2 Å². The highest BCUT2D eigenvalue weighted by atomic mass is 16.5. The second kappa shape index (κ2) is 3.88. The summed E-state index contributed by atoms with van der Waals surface area (Å²) in [4.78, 5) is 15.7. The number of rotatable bonds is 1. The van der Waals surface area contributed by atoms with Crippen LogP contribution in [0.4, 0.5) is 0 Å². The molecule has 0 radical (unpaired) electrons. The lowest BCUT2D eigenvalue weighted by Gasteiger charge is -2.09. The highest BCUT2D eigenvalue weighted by Gasteiger charge is 2.09. The molecule has 0 aliphatic heterocycles. The Morgan fingerprint density at radius 3 is 2.61 bits per heavy atom. The molecule has 1 N–H and O–H groups in total. The SMILES string of the molecule is COc1ccc2c(=O)c3ccccc3[nH]c2c1C. The molecule has 90 valence electrons. The fourth-order valence-electron chi connectivity index (χ4n) is 2.33. The van der Waals surface area contributed by atoms with Gasteiger partial charge >= 0.3 is 0 Å². The van der Waals surface area contributed by atoms with Gasteiger partial charge in [-0.25, -0.2) is 0 Å². The monoisotopic (exact) mass is 239 g/mol. The van der Waals surface area contributed by atoms with Gasteiger partial charge in [-0.05, 0) is 31.2 Å². The van der Waals surface area contributed by atoms with E-state index in [1.165, 1.54) is 0 Å². The smallest absolute Gasteiger partial charge is 0.197 e. The molecule has 0 atom stereocenters. The minimum atomic E-state index is 0.0603. The van der Waals surface area contributed by atoms with Crippen LogP contribution < -0.4 is 10.2 Å². The van der Waals surface area contributed by atoms with E-state index in [9.17, 15) is 4.79 Å². The quantitative estimate of drug-likeness (QED) is 0.663. The van der Waals surface area contributed by atoms with Gasteiger partial charge in [0.05, 0.1) is 12.6 Å². The van der Waals surface area contributed by atoms with Crippen molar-refractivity contribution in [2.45, 2.75) is 6.92 Å². The Morgan fingerprint density at radius 1 is 1.06 bits per heavy atom. The molecule has 0 aliphatic carbocycles. The first-order valence-corrected chi connectivity index (χ1v) is 5.80. The summed E-state index contributed by atoms with van der Waals surface area (Å²) in [7, 11) is 1.63. The number of methoxy groups -OCH3 is 1. The number of pyridine rings is 1. The standard InChI is InChI=1S/C15H13NO2/c1-9-13(18-2)8-7-11-14(9)16-12-6-4-3-5-10(12)15(11)17/h3-8H,1-2H3,(H,16,17). The zero-order chi connectivity index (χ0) is 12.7. The molecule has 1 aromatic heterocycles. The van der Waals surface area contributed by atoms with E-state index in [4.69, 9.17) is 4.74 Å². The molecule has 0 amide bonds. The number of fused-ring (bicyclic) bond motifs is 2. The van der Waals surface area contributed by atoms with Crippen LogP contribution in [0.3, 0.4) is 0 Å². The van der Waals surface area contributed by atoms with Gasteiger partial charge < -0.3 is 9.72 Å². The Balaban J connectivity index is 2.56. The van der Waals surface area contributed by atoms with Gasteiger partial charge in [0, 0.05) is 21.9 Å². The molecule has 0 bridgehead atoms. The molecule has 0 saturated heterocycles. The lowest BCUT2D eigenvalue weighted by atomic mass is 10.1. The van der Waals surface area contributed by atoms with E-state index >= 15 is 0 Å². The van der Waals surface area contributed by atoms with E-state index in [1.54, 1.807) is 7.11 Å². The Morgan fingerprint density at radius 2 is 1.83 bits per heavy atom. The van der Waals surface area contributed by atoms with Crippen LogP contribution in [0.1, 0.15) is 5.56 Å². The summed E-state index contributed by atoms with van der Waals surface area (Å²) in [6, 6.07) is 11.2. The molecule has 0 saturated carbocycles. The van der Waals surface area contributed by atoms with Crippen LogP contribution in [0, 0.1) is 6.92 Å². The van der Waals surface area contributed by atoms with Crippen molar-refractivity contribution in [1.82, 2.24) is 4.98 Å². The summed E-state index contributed by atoms with van der Waals surface area (Å²) in [5, 5.41) is 1.42. The first-order chi connectivity index (χ1) is 8.72. The Kier molecular flexibility index (Phi) is 2.33. The molecule has 3 aromatic rings. The first-order valence-electron chi connectivity index (χ1n) is 5.80.